The monoisotopic (exact) mass is 230 g/mol. The van der Waals surface area contributed by atoms with E-state index in [1.807, 2.05) is 0 Å². The van der Waals surface area contributed by atoms with E-state index in [-0.39, 0.29) is 24.8 Å². The van der Waals surface area contributed by atoms with Gasteiger partial charge in [-0.15, -0.1) is 0 Å². The molecule has 3 N–H and O–H groups in total. The van der Waals surface area contributed by atoms with Crippen molar-refractivity contribution in [1.29, 1.82) is 0 Å². The van der Waals surface area contributed by atoms with Crippen molar-refractivity contribution in [1.82, 2.24) is 10.2 Å². The van der Waals surface area contributed by atoms with Crippen LogP contribution in [0, 0.1) is 5.92 Å². The fraction of sp³-hybridized carbons (Fsp3) is 0.800. The van der Waals surface area contributed by atoms with Gasteiger partial charge in [0, 0.05) is 25.4 Å². The normalized spacial score (nSPS) is 26.8. The molecule has 1 heterocycles. The summed E-state index contributed by atoms with van der Waals surface area (Å²) in [5, 5.41) is 21.2. The summed E-state index contributed by atoms with van der Waals surface area (Å²) in [7, 11) is 1.73. The molecule has 1 fully saturated rings. The number of rotatable bonds is 4. The highest BCUT2D eigenvalue weighted by molar-refractivity contribution is 5.85. The Kier molecular flexibility index (Phi) is 4.26. The van der Waals surface area contributed by atoms with Crippen LogP contribution in [0.3, 0.4) is 0 Å². The average Bonchev–Trinajstić information content (AvgIpc) is 2.59. The molecule has 1 rings (SSSR count). The molecule has 2 unspecified atom stereocenters. The van der Waals surface area contributed by atoms with Gasteiger partial charge in [0.05, 0.1) is 6.10 Å². The van der Waals surface area contributed by atoms with Gasteiger partial charge < -0.3 is 20.4 Å². The van der Waals surface area contributed by atoms with Gasteiger partial charge in [-0.1, -0.05) is 6.92 Å². The summed E-state index contributed by atoms with van der Waals surface area (Å²) in [6.45, 7) is 2.35. The molecule has 0 radical (unpaired) electrons. The molecule has 1 saturated heterocycles. The molecule has 0 aromatic carbocycles. The van der Waals surface area contributed by atoms with Gasteiger partial charge in [-0.3, -0.25) is 4.79 Å². The Morgan fingerprint density at radius 1 is 1.56 bits per heavy atom. The SMILES string of the molecule is CNCC(C)C(=O)N1CC(O)C[C@H]1C(=O)O. The Labute approximate surface area is 94.2 Å². The molecular formula is C10H18N2O4. The van der Waals surface area contributed by atoms with Gasteiger partial charge in [0.2, 0.25) is 5.91 Å². The van der Waals surface area contributed by atoms with Gasteiger partial charge in [-0.25, -0.2) is 4.79 Å². The predicted octanol–water partition coefficient (Wildman–Crippen LogP) is -1.11. The van der Waals surface area contributed by atoms with Crippen LogP contribution in [-0.4, -0.2) is 59.3 Å². The molecule has 16 heavy (non-hydrogen) atoms. The number of aliphatic hydroxyl groups is 1. The summed E-state index contributed by atoms with van der Waals surface area (Å²) in [6, 6.07) is -0.887. The second-order valence-corrected chi connectivity index (χ2v) is 4.19. The number of nitrogens with one attached hydrogen (secondary N) is 1. The van der Waals surface area contributed by atoms with Crippen LogP contribution in [0.5, 0.6) is 0 Å². The Bertz CT molecular complexity index is 282. The van der Waals surface area contributed by atoms with Crippen molar-refractivity contribution in [3.63, 3.8) is 0 Å². The lowest BCUT2D eigenvalue weighted by Crippen LogP contribution is -2.44. The molecule has 3 atom stereocenters. The minimum atomic E-state index is -1.05. The van der Waals surface area contributed by atoms with Crippen molar-refractivity contribution in [2.24, 2.45) is 5.92 Å². The predicted molar refractivity (Wildman–Crippen MR) is 56.9 cm³/mol. The molecule has 0 saturated carbocycles. The van der Waals surface area contributed by atoms with E-state index in [0.29, 0.717) is 6.54 Å². The zero-order valence-electron chi connectivity index (χ0n) is 9.51. The van der Waals surface area contributed by atoms with E-state index < -0.39 is 18.1 Å². The number of amides is 1. The number of likely N-dealkylation sites (tertiary alicyclic amines) is 1. The fourth-order valence-electron chi connectivity index (χ4n) is 1.97. The van der Waals surface area contributed by atoms with Gasteiger partial charge in [0.1, 0.15) is 6.04 Å². The number of β-amino-alcohol motifs (C(OH)–C–C–N with tert-alkyl or cyclic N) is 1. The standard InChI is InChI=1S/C10H18N2O4/c1-6(4-11-2)9(14)12-5-7(13)3-8(12)10(15)16/h6-8,11,13H,3-5H2,1-2H3,(H,15,16)/t6?,7?,8-/m0/s1. The molecule has 1 aliphatic rings. The third-order valence-corrected chi connectivity index (χ3v) is 2.78. The maximum Gasteiger partial charge on any atom is 0.326 e. The van der Waals surface area contributed by atoms with Crippen molar-refractivity contribution in [2.45, 2.75) is 25.5 Å². The average molecular weight is 230 g/mol. The lowest BCUT2D eigenvalue weighted by molar-refractivity contribution is -0.149. The minimum Gasteiger partial charge on any atom is -0.480 e. The van der Waals surface area contributed by atoms with Crippen LogP contribution in [-0.2, 0) is 9.59 Å². The van der Waals surface area contributed by atoms with Gasteiger partial charge in [0.25, 0.3) is 0 Å². The molecule has 6 heteroatoms. The lowest BCUT2D eigenvalue weighted by Gasteiger charge is -2.24. The third kappa shape index (κ3) is 2.70. The fourth-order valence-corrected chi connectivity index (χ4v) is 1.97. The maximum atomic E-state index is 11.9. The number of carbonyl (C=O) groups is 2. The largest absolute Gasteiger partial charge is 0.480 e. The number of hydrogen-bond acceptors (Lipinski definition) is 4. The highest BCUT2D eigenvalue weighted by atomic mass is 16.4. The van der Waals surface area contributed by atoms with Crippen molar-refractivity contribution in [3.8, 4) is 0 Å². The summed E-state index contributed by atoms with van der Waals surface area (Å²) in [5.74, 6) is -1.56. The van der Waals surface area contributed by atoms with Gasteiger partial charge in [0.15, 0.2) is 0 Å². The first kappa shape index (κ1) is 12.9. The summed E-state index contributed by atoms with van der Waals surface area (Å²) >= 11 is 0. The van der Waals surface area contributed by atoms with Crippen LogP contribution in [0.1, 0.15) is 13.3 Å². The molecular weight excluding hydrogens is 212 g/mol. The van der Waals surface area contributed by atoms with Crippen LogP contribution < -0.4 is 5.32 Å². The van der Waals surface area contributed by atoms with E-state index in [2.05, 4.69) is 5.32 Å². The smallest absolute Gasteiger partial charge is 0.326 e. The number of aliphatic carboxylic acids is 1. The molecule has 0 aromatic rings. The first-order chi connectivity index (χ1) is 7.47. The summed E-state index contributed by atoms with van der Waals surface area (Å²) < 4.78 is 0. The number of carboxylic acid groups (broad SMARTS) is 1. The summed E-state index contributed by atoms with van der Waals surface area (Å²) in [6.07, 6.45) is -0.611. The first-order valence-corrected chi connectivity index (χ1v) is 5.33. The van der Waals surface area contributed by atoms with Crippen molar-refractivity contribution < 1.29 is 19.8 Å². The quantitative estimate of drug-likeness (QED) is 0.569. The van der Waals surface area contributed by atoms with E-state index in [9.17, 15) is 14.7 Å². The lowest BCUT2D eigenvalue weighted by atomic mass is 10.1. The van der Waals surface area contributed by atoms with Crippen molar-refractivity contribution in [3.05, 3.63) is 0 Å². The third-order valence-electron chi connectivity index (χ3n) is 2.78. The molecule has 0 bridgehead atoms. The highest BCUT2D eigenvalue weighted by Crippen LogP contribution is 2.20. The second kappa shape index (κ2) is 5.27. The molecule has 0 aliphatic carbocycles. The van der Waals surface area contributed by atoms with Crippen LogP contribution in [0.25, 0.3) is 0 Å². The summed E-state index contributed by atoms with van der Waals surface area (Å²) in [5.41, 5.74) is 0. The molecule has 6 nitrogen and oxygen atoms in total. The van der Waals surface area contributed by atoms with Gasteiger partial charge >= 0.3 is 5.97 Å². The van der Waals surface area contributed by atoms with E-state index in [1.54, 1.807) is 14.0 Å². The Hall–Kier alpha value is -1.14. The number of nitrogens with zero attached hydrogens (tertiary/aromatic N) is 1. The Morgan fingerprint density at radius 3 is 2.69 bits per heavy atom. The topological polar surface area (TPSA) is 89.9 Å². The van der Waals surface area contributed by atoms with E-state index in [0.717, 1.165) is 0 Å². The number of aliphatic hydroxyl groups excluding tert-OH is 1. The van der Waals surface area contributed by atoms with Crippen molar-refractivity contribution in [2.75, 3.05) is 20.1 Å². The number of carboxylic acids is 1. The van der Waals surface area contributed by atoms with Crippen LogP contribution >= 0.6 is 0 Å². The number of hydrogen-bond donors (Lipinski definition) is 3. The maximum absolute atomic E-state index is 11.9. The molecule has 1 amide bonds. The van der Waals surface area contributed by atoms with E-state index >= 15 is 0 Å². The zero-order chi connectivity index (χ0) is 12.3. The second-order valence-electron chi connectivity index (χ2n) is 4.19. The van der Waals surface area contributed by atoms with Gasteiger partial charge in [-0.2, -0.15) is 0 Å². The first-order valence-electron chi connectivity index (χ1n) is 5.33. The van der Waals surface area contributed by atoms with E-state index in [1.165, 1.54) is 4.90 Å². The molecule has 0 aromatic heterocycles. The molecule has 1 aliphatic heterocycles. The Morgan fingerprint density at radius 2 is 2.19 bits per heavy atom. The molecule has 92 valence electrons. The Balaban J connectivity index is 2.70. The molecule has 0 spiro atoms. The van der Waals surface area contributed by atoms with Crippen LogP contribution in [0.15, 0.2) is 0 Å². The van der Waals surface area contributed by atoms with Crippen molar-refractivity contribution >= 4 is 11.9 Å². The van der Waals surface area contributed by atoms with Crippen LogP contribution in [0.4, 0.5) is 0 Å². The van der Waals surface area contributed by atoms with Crippen LogP contribution in [0.2, 0.25) is 0 Å². The van der Waals surface area contributed by atoms with E-state index in [4.69, 9.17) is 5.11 Å². The minimum absolute atomic E-state index is 0.115. The highest BCUT2D eigenvalue weighted by Gasteiger charge is 2.39. The zero-order valence-corrected chi connectivity index (χ0v) is 9.51. The van der Waals surface area contributed by atoms with Gasteiger partial charge in [-0.05, 0) is 7.05 Å². The number of carbonyl (C=O) groups excluding carboxylic acids is 1. The summed E-state index contributed by atoms with van der Waals surface area (Å²) in [4.78, 5) is 24.1.